The van der Waals surface area contributed by atoms with Crippen molar-refractivity contribution in [3.8, 4) is 0 Å². The monoisotopic (exact) mass is 336 g/mol. The minimum atomic E-state index is -4.58. The van der Waals surface area contributed by atoms with Crippen molar-refractivity contribution < 1.29 is 21.6 Å². The molecule has 2 aromatic rings. The first-order valence-corrected chi connectivity index (χ1v) is 7.36. The minimum absolute atomic E-state index is 0.133. The molecular weight excluding hydrogens is 329 g/mol. The fourth-order valence-corrected chi connectivity index (χ4v) is 2.60. The van der Waals surface area contributed by atoms with Crippen molar-refractivity contribution in [1.82, 2.24) is 4.98 Å². The van der Waals surface area contributed by atoms with Crippen molar-refractivity contribution in [2.75, 3.05) is 4.72 Å². The predicted octanol–water partition coefficient (Wildman–Crippen LogP) is 3.55. The molecule has 0 spiro atoms. The molecule has 0 aliphatic carbocycles. The summed E-state index contributed by atoms with van der Waals surface area (Å²) in [5.41, 5.74) is -0.994. The van der Waals surface area contributed by atoms with E-state index >= 15 is 0 Å². The number of rotatable bonds is 3. The van der Waals surface area contributed by atoms with Gasteiger partial charge in [0.1, 0.15) is 5.82 Å². The van der Waals surface area contributed by atoms with Gasteiger partial charge in [-0.05, 0) is 36.4 Å². The maximum absolute atomic E-state index is 12.5. The van der Waals surface area contributed by atoms with Gasteiger partial charge in [0.2, 0.25) is 0 Å². The Kier molecular flexibility index (Phi) is 4.11. The zero-order chi connectivity index (χ0) is 15.7. The lowest BCUT2D eigenvalue weighted by Crippen LogP contribution is -2.15. The van der Waals surface area contributed by atoms with E-state index in [0.29, 0.717) is 11.1 Å². The van der Waals surface area contributed by atoms with Gasteiger partial charge in [0.25, 0.3) is 10.0 Å². The Hall–Kier alpha value is -1.80. The van der Waals surface area contributed by atoms with Gasteiger partial charge in [0, 0.05) is 11.2 Å². The number of nitrogens with one attached hydrogen (secondary N) is 1. The predicted molar refractivity (Wildman–Crippen MR) is 71.5 cm³/mol. The van der Waals surface area contributed by atoms with Gasteiger partial charge in [-0.1, -0.05) is 11.6 Å². The highest BCUT2D eigenvalue weighted by Gasteiger charge is 2.31. The number of aromatic nitrogens is 1. The fourth-order valence-electron chi connectivity index (χ4n) is 1.47. The summed E-state index contributed by atoms with van der Waals surface area (Å²) in [4.78, 5) is 3.43. The molecule has 0 bridgehead atoms. The SMILES string of the molecule is O=S(=O)(Nc1cc(C(F)(F)F)ccn1)c1ccc(Cl)cc1. The highest BCUT2D eigenvalue weighted by molar-refractivity contribution is 7.92. The second-order valence-corrected chi connectivity index (χ2v) is 6.11. The van der Waals surface area contributed by atoms with Crippen molar-refractivity contribution in [3.63, 3.8) is 0 Å². The summed E-state index contributed by atoms with van der Waals surface area (Å²) >= 11 is 5.64. The van der Waals surface area contributed by atoms with Crippen LogP contribution >= 0.6 is 11.6 Å². The molecule has 1 heterocycles. The quantitative estimate of drug-likeness (QED) is 0.932. The molecule has 21 heavy (non-hydrogen) atoms. The van der Waals surface area contributed by atoms with E-state index in [1.165, 1.54) is 24.3 Å². The van der Waals surface area contributed by atoms with E-state index in [0.717, 1.165) is 12.3 Å². The Bertz CT molecular complexity index is 746. The van der Waals surface area contributed by atoms with Crippen molar-refractivity contribution in [2.45, 2.75) is 11.1 Å². The number of sulfonamides is 1. The molecule has 0 unspecified atom stereocenters. The summed E-state index contributed by atoms with van der Waals surface area (Å²) in [7, 11) is -4.03. The van der Waals surface area contributed by atoms with Crippen LogP contribution in [0.3, 0.4) is 0 Å². The number of hydrogen-bond donors (Lipinski definition) is 1. The van der Waals surface area contributed by atoms with Crippen LogP contribution in [0.4, 0.5) is 19.0 Å². The summed E-state index contributed by atoms with van der Waals surface area (Å²) in [6.07, 6.45) is -3.70. The van der Waals surface area contributed by atoms with E-state index in [-0.39, 0.29) is 4.90 Å². The van der Waals surface area contributed by atoms with E-state index in [2.05, 4.69) is 4.98 Å². The fraction of sp³-hybridized carbons (Fsp3) is 0.0833. The number of alkyl halides is 3. The summed E-state index contributed by atoms with van der Waals surface area (Å²) < 4.78 is 63.6. The van der Waals surface area contributed by atoms with Crippen LogP contribution in [0, 0.1) is 0 Å². The number of hydrogen-bond acceptors (Lipinski definition) is 3. The Morgan fingerprint density at radius 2 is 1.71 bits per heavy atom. The normalized spacial score (nSPS) is 12.2. The average molecular weight is 337 g/mol. The van der Waals surface area contributed by atoms with Crippen LogP contribution in [0.15, 0.2) is 47.5 Å². The van der Waals surface area contributed by atoms with Crippen molar-refractivity contribution in [1.29, 1.82) is 0 Å². The molecule has 0 radical (unpaired) electrons. The molecule has 9 heteroatoms. The third kappa shape index (κ3) is 3.85. The summed E-state index contributed by atoms with van der Waals surface area (Å²) in [6.45, 7) is 0. The number of benzene rings is 1. The van der Waals surface area contributed by atoms with Crippen LogP contribution in [0.2, 0.25) is 5.02 Å². The van der Waals surface area contributed by atoms with E-state index in [1.54, 1.807) is 0 Å². The van der Waals surface area contributed by atoms with E-state index in [1.807, 2.05) is 4.72 Å². The van der Waals surface area contributed by atoms with Crippen LogP contribution in [-0.2, 0) is 16.2 Å². The Morgan fingerprint density at radius 3 is 2.29 bits per heavy atom. The number of anilines is 1. The molecule has 0 saturated carbocycles. The third-order valence-corrected chi connectivity index (χ3v) is 4.07. The van der Waals surface area contributed by atoms with Gasteiger partial charge in [0.05, 0.1) is 10.5 Å². The van der Waals surface area contributed by atoms with Gasteiger partial charge in [-0.15, -0.1) is 0 Å². The molecule has 4 nitrogen and oxygen atoms in total. The first-order valence-electron chi connectivity index (χ1n) is 5.50. The summed E-state index contributed by atoms with van der Waals surface area (Å²) in [6, 6.07) is 6.55. The standard InChI is InChI=1S/C12H8ClF3N2O2S/c13-9-1-3-10(4-2-9)21(19,20)18-11-7-8(5-6-17-11)12(14,15)16/h1-7H,(H,17,18). The molecule has 1 aromatic heterocycles. The molecule has 112 valence electrons. The molecule has 2 rings (SSSR count). The summed E-state index contributed by atoms with van der Waals surface area (Å²) in [5.74, 6) is -0.417. The van der Waals surface area contributed by atoms with E-state index < -0.39 is 27.6 Å². The van der Waals surface area contributed by atoms with Crippen LogP contribution in [0.5, 0.6) is 0 Å². The second kappa shape index (κ2) is 5.53. The molecule has 0 amide bonds. The molecular formula is C12H8ClF3N2O2S. The number of halogens is 4. The minimum Gasteiger partial charge on any atom is -0.263 e. The Labute approximate surface area is 123 Å². The zero-order valence-corrected chi connectivity index (χ0v) is 11.8. The zero-order valence-electron chi connectivity index (χ0n) is 10.2. The topological polar surface area (TPSA) is 59.1 Å². The molecule has 0 aliphatic heterocycles. The molecule has 0 aliphatic rings. The molecule has 1 N–H and O–H groups in total. The first kappa shape index (κ1) is 15.6. The molecule has 0 fully saturated rings. The van der Waals surface area contributed by atoms with E-state index in [4.69, 9.17) is 11.6 Å². The smallest absolute Gasteiger partial charge is 0.263 e. The Balaban J connectivity index is 2.31. The van der Waals surface area contributed by atoms with Gasteiger partial charge in [0.15, 0.2) is 0 Å². The van der Waals surface area contributed by atoms with Crippen molar-refractivity contribution >= 4 is 27.4 Å². The largest absolute Gasteiger partial charge is 0.416 e. The first-order chi connectivity index (χ1) is 9.68. The molecule has 1 aromatic carbocycles. The van der Waals surface area contributed by atoms with Crippen LogP contribution in [0.1, 0.15) is 5.56 Å². The van der Waals surface area contributed by atoms with Gasteiger partial charge >= 0.3 is 6.18 Å². The van der Waals surface area contributed by atoms with Crippen LogP contribution in [0.25, 0.3) is 0 Å². The van der Waals surface area contributed by atoms with Crippen molar-refractivity contribution in [2.24, 2.45) is 0 Å². The summed E-state index contributed by atoms with van der Waals surface area (Å²) in [5, 5.41) is 0.339. The maximum Gasteiger partial charge on any atom is 0.416 e. The Morgan fingerprint density at radius 1 is 1.10 bits per heavy atom. The third-order valence-electron chi connectivity index (χ3n) is 2.45. The number of pyridine rings is 1. The van der Waals surface area contributed by atoms with Crippen LogP contribution < -0.4 is 4.72 Å². The van der Waals surface area contributed by atoms with Crippen LogP contribution in [-0.4, -0.2) is 13.4 Å². The highest BCUT2D eigenvalue weighted by Crippen LogP contribution is 2.30. The molecule has 0 atom stereocenters. The lowest BCUT2D eigenvalue weighted by Gasteiger charge is -2.10. The lowest BCUT2D eigenvalue weighted by atomic mass is 10.2. The average Bonchev–Trinajstić information content (AvgIpc) is 2.38. The second-order valence-electron chi connectivity index (χ2n) is 3.99. The van der Waals surface area contributed by atoms with Gasteiger partial charge in [-0.3, -0.25) is 4.72 Å². The highest BCUT2D eigenvalue weighted by atomic mass is 35.5. The van der Waals surface area contributed by atoms with Gasteiger partial charge < -0.3 is 0 Å². The van der Waals surface area contributed by atoms with Gasteiger partial charge in [-0.25, -0.2) is 13.4 Å². The lowest BCUT2D eigenvalue weighted by molar-refractivity contribution is -0.137. The van der Waals surface area contributed by atoms with Crippen molar-refractivity contribution in [3.05, 3.63) is 53.2 Å². The maximum atomic E-state index is 12.5. The number of nitrogens with zero attached hydrogens (tertiary/aromatic N) is 1. The van der Waals surface area contributed by atoms with E-state index in [9.17, 15) is 21.6 Å². The molecule has 0 saturated heterocycles. The van der Waals surface area contributed by atoms with Gasteiger partial charge in [-0.2, -0.15) is 13.2 Å².